The van der Waals surface area contributed by atoms with E-state index in [-0.39, 0.29) is 12.1 Å². The van der Waals surface area contributed by atoms with Crippen LogP contribution in [0.4, 0.5) is 0 Å². The van der Waals surface area contributed by atoms with Crippen molar-refractivity contribution in [2.45, 2.75) is 26.4 Å². The summed E-state index contributed by atoms with van der Waals surface area (Å²) in [5, 5.41) is 0. The molecule has 1 unspecified atom stereocenters. The molecule has 12 heavy (non-hydrogen) atoms. The van der Waals surface area contributed by atoms with E-state index in [1.165, 1.54) is 0 Å². The zero-order valence-electron chi connectivity index (χ0n) is 7.71. The van der Waals surface area contributed by atoms with Crippen LogP contribution < -0.4 is 5.73 Å². The fraction of sp³-hybridized carbons (Fsp3) is 0.875. The molecule has 0 spiro atoms. The summed E-state index contributed by atoms with van der Waals surface area (Å²) in [5.74, 6) is -0.221. The standard InChI is InChI=1S/C8H17NO3/c1-3-11-8(10)4-5-12-7(2)6-9/h7H,3-6,9H2,1-2H3. The van der Waals surface area contributed by atoms with Crippen molar-refractivity contribution in [1.29, 1.82) is 0 Å². The van der Waals surface area contributed by atoms with Gasteiger partial charge in [0.15, 0.2) is 0 Å². The molecule has 0 saturated heterocycles. The molecule has 72 valence electrons. The maximum Gasteiger partial charge on any atom is 0.308 e. The molecule has 2 N–H and O–H groups in total. The van der Waals surface area contributed by atoms with Gasteiger partial charge in [-0.2, -0.15) is 0 Å². The topological polar surface area (TPSA) is 61.5 Å². The second-order valence-electron chi connectivity index (χ2n) is 2.47. The van der Waals surface area contributed by atoms with Crippen molar-refractivity contribution in [1.82, 2.24) is 0 Å². The van der Waals surface area contributed by atoms with E-state index < -0.39 is 0 Å². The Balaban J connectivity index is 3.24. The van der Waals surface area contributed by atoms with E-state index in [9.17, 15) is 4.79 Å². The number of nitrogens with two attached hydrogens (primary N) is 1. The number of carbonyl (C=O) groups excluding carboxylic acids is 1. The molecule has 0 amide bonds. The number of rotatable bonds is 6. The maximum absolute atomic E-state index is 10.8. The largest absolute Gasteiger partial charge is 0.466 e. The fourth-order valence-corrected chi connectivity index (χ4v) is 0.645. The number of hydrogen-bond donors (Lipinski definition) is 1. The van der Waals surface area contributed by atoms with E-state index in [1.54, 1.807) is 6.92 Å². The summed E-state index contributed by atoms with van der Waals surface area (Å²) in [4.78, 5) is 10.8. The van der Waals surface area contributed by atoms with Crippen LogP contribution in [0, 0.1) is 0 Å². The van der Waals surface area contributed by atoms with E-state index in [0.717, 1.165) is 0 Å². The zero-order valence-corrected chi connectivity index (χ0v) is 7.71. The third kappa shape index (κ3) is 6.12. The smallest absolute Gasteiger partial charge is 0.308 e. The van der Waals surface area contributed by atoms with E-state index in [2.05, 4.69) is 0 Å². The van der Waals surface area contributed by atoms with Crippen LogP contribution in [0.2, 0.25) is 0 Å². The maximum atomic E-state index is 10.8. The average Bonchev–Trinajstić information content (AvgIpc) is 2.04. The van der Waals surface area contributed by atoms with Crippen LogP contribution >= 0.6 is 0 Å². The Morgan fingerprint density at radius 3 is 2.75 bits per heavy atom. The SMILES string of the molecule is CCOC(=O)CCOC(C)CN. The van der Waals surface area contributed by atoms with Gasteiger partial charge >= 0.3 is 5.97 Å². The number of hydrogen-bond acceptors (Lipinski definition) is 4. The van der Waals surface area contributed by atoms with Gasteiger partial charge in [0.1, 0.15) is 0 Å². The van der Waals surface area contributed by atoms with Gasteiger partial charge in [-0.05, 0) is 13.8 Å². The molecular weight excluding hydrogens is 158 g/mol. The fourth-order valence-electron chi connectivity index (χ4n) is 0.645. The predicted octanol–water partition coefficient (Wildman–Crippen LogP) is 0.303. The molecule has 0 rings (SSSR count). The highest BCUT2D eigenvalue weighted by atomic mass is 16.5. The highest BCUT2D eigenvalue weighted by Crippen LogP contribution is 1.92. The van der Waals surface area contributed by atoms with Crippen LogP contribution in [0.3, 0.4) is 0 Å². The van der Waals surface area contributed by atoms with Crippen molar-refractivity contribution >= 4 is 5.97 Å². The van der Waals surface area contributed by atoms with Crippen molar-refractivity contribution in [3.8, 4) is 0 Å². The van der Waals surface area contributed by atoms with Crippen LogP contribution in [0.1, 0.15) is 20.3 Å². The Kier molecular flexibility index (Phi) is 6.70. The molecule has 1 atom stereocenters. The van der Waals surface area contributed by atoms with Gasteiger partial charge in [0.2, 0.25) is 0 Å². The van der Waals surface area contributed by atoms with Gasteiger partial charge in [-0.15, -0.1) is 0 Å². The van der Waals surface area contributed by atoms with Crippen LogP contribution in [0.5, 0.6) is 0 Å². The molecule has 0 aromatic carbocycles. The first-order valence-electron chi connectivity index (χ1n) is 4.18. The Labute approximate surface area is 73.0 Å². The molecule has 0 aromatic rings. The van der Waals surface area contributed by atoms with Gasteiger partial charge in [0.05, 0.1) is 25.7 Å². The van der Waals surface area contributed by atoms with Crippen LogP contribution in [-0.4, -0.2) is 31.8 Å². The number of esters is 1. The summed E-state index contributed by atoms with van der Waals surface area (Å²) in [7, 11) is 0. The molecule has 4 heteroatoms. The third-order valence-electron chi connectivity index (χ3n) is 1.35. The first-order chi connectivity index (χ1) is 5.70. The summed E-state index contributed by atoms with van der Waals surface area (Å²) < 4.78 is 9.89. The minimum absolute atomic E-state index is 0.0134. The van der Waals surface area contributed by atoms with E-state index >= 15 is 0 Å². The molecule has 0 radical (unpaired) electrons. The van der Waals surface area contributed by atoms with Gasteiger partial charge in [-0.3, -0.25) is 4.79 Å². The van der Waals surface area contributed by atoms with Gasteiger partial charge in [0.25, 0.3) is 0 Å². The summed E-state index contributed by atoms with van der Waals surface area (Å²) >= 11 is 0. The van der Waals surface area contributed by atoms with Gasteiger partial charge in [-0.1, -0.05) is 0 Å². The lowest BCUT2D eigenvalue weighted by atomic mass is 10.4. The van der Waals surface area contributed by atoms with Crippen molar-refractivity contribution in [3.63, 3.8) is 0 Å². The lowest BCUT2D eigenvalue weighted by molar-refractivity contribution is -0.144. The zero-order chi connectivity index (χ0) is 9.40. The molecule has 0 aromatic heterocycles. The summed E-state index contributed by atoms with van der Waals surface area (Å²) in [5.41, 5.74) is 5.31. The monoisotopic (exact) mass is 175 g/mol. The minimum atomic E-state index is -0.221. The Morgan fingerprint density at radius 2 is 2.25 bits per heavy atom. The summed E-state index contributed by atoms with van der Waals surface area (Å²) in [6, 6.07) is 0. The first-order valence-corrected chi connectivity index (χ1v) is 4.18. The van der Waals surface area contributed by atoms with Gasteiger partial charge in [-0.25, -0.2) is 0 Å². The van der Waals surface area contributed by atoms with Crippen LogP contribution in [-0.2, 0) is 14.3 Å². The van der Waals surface area contributed by atoms with Crippen LogP contribution in [0.25, 0.3) is 0 Å². The molecule has 0 aliphatic rings. The second kappa shape index (κ2) is 7.06. The lowest BCUT2D eigenvalue weighted by Crippen LogP contribution is -2.21. The highest BCUT2D eigenvalue weighted by molar-refractivity contribution is 5.69. The second-order valence-corrected chi connectivity index (χ2v) is 2.47. The van der Waals surface area contributed by atoms with Gasteiger partial charge < -0.3 is 15.2 Å². The molecule has 0 heterocycles. The van der Waals surface area contributed by atoms with Crippen molar-refractivity contribution in [2.24, 2.45) is 5.73 Å². The van der Waals surface area contributed by atoms with E-state index in [1.807, 2.05) is 6.92 Å². The molecule has 0 bridgehead atoms. The normalized spacial score (nSPS) is 12.6. The third-order valence-corrected chi connectivity index (χ3v) is 1.35. The molecule has 0 saturated carbocycles. The quantitative estimate of drug-likeness (QED) is 0.590. The Hall–Kier alpha value is -0.610. The summed E-state index contributed by atoms with van der Waals surface area (Å²) in [6.07, 6.45) is 0.317. The first kappa shape index (κ1) is 11.4. The summed E-state index contributed by atoms with van der Waals surface area (Å²) in [6.45, 7) is 4.93. The van der Waals surface area contributed by atoms with E-state index in [0.29, 0.717) is 26.2 Å². The number of ether oxygens (including phenoxy) is 2. The van der Waals surface area contributed by atoms with Crippen molar-refractivity contribution in [2.75, 3.05) is 19.8 Å². The lowest BCUT2D eigenvalue weighted by Gasteiger charge is -2.09. The average molecular weight is 175 g/mol. The number of carbonyl (C=O) groups is 1. The molecular formula is C8H17NO3. The predicted molar refractivity (Wildman–Crippen MR) is 45.7 cm³/mol. The Bertz CT molecular complexity index is 127. The van der Waals surface area contributed by atoms with Crippen molar-refractivity contribution in [3.05, 3.63) is 0 Å². The molecule has 0 aliphatic carbocycles. The van der Waals surface area contributed by atoms with Crippen LogP contribution in [0.15, 0.2) is 0 Å². The van der Waals surface area contributed by atoms with E-state index in [4.69, 9.17) is 15.2 Å². The molecule has 0 aliphatic heterocycles. The van der Waals surface area contributed by atoms with Gasteiger partial charge in [0, 0.05) is 6.54 Å². The van der Waals surface area contributed by atoms with Crippen molar-refractivity contribution < 1.29 is 14.3 Å². The molecule has 0 fully saturated rings. The molecule has 4 nitrogen and oxygen atoms in total. The Morgan fingerprint density at radius 1 is 1.58 bits per heavy atom. The minimum Gasteiger partial charge on any atom is -0.466 e. The highest BCUT2D eigenvalue weighted by Gasteiger charge is 2.03.